The average molecular weight is 278 g/mol. The van der Waals surface area contributed by atoms with Gasteiger partial charge in [-0.15, -0.1) is 0 Å². The lowest BCUT2D eigenvalue weighted by molar-refractivity contribution is 0.139. The summed E-state index contributed by atoms with van der Waals surface area (Å²) in [5, 5.41) is 9.02. The molecule has 20 heavy (non-hydrogen) atoms. The fourth-order valence-electron chi connectivity index (χ4n) is 3.47. The Hall–Kier alpha value is -0.840. The summed E-state index contributed by atoms with van der Waals surface area (Å²) in [6, 6.07) is 3.86. The SMILES string of the molecule is OCc1ccc(CN2CCC(CN3CCCC3)CC2)o1. The molecule has 3 rings (SSSR count). The molecule has 3 heterocycles. The monoisotopic (exact) mass is 278 g/mol. The van der Waals surface area contributed by atoms with E-state index in [1.165, 1.54) is 58.4 Å². The fraction of sp³-hybridized carbons (Fsp3) is 0.750. The standard InChI is InChI=1S/C16H26N2O2/c19-13-16-4-3-15(20-16)12-18-9-5-14(6-10-18)11-17-7-1-2-8-17/h3-4,14,19H,1-2,5-13H2. The molecule has 2 saturated heterocycles. The highest BCUT2D eigenvalue weighted by Crippen LogP contribution is 2.22. The van der Waals surface area contributed by atoms with E-state index in [0.717, 1.165) is 18.2 Å². The summed E-state index contributed by atoms with van der Waals surface area (Å²) in [6.45, 7) is 7.17. The molecule has 0 saturated carbocycles. The maximum Gasteiger partial charge on any atom is 0.129 e. The quantitative estimate of drug-likeness (QED) is 0.895. The molecule has 1 aromatic rings. The molecule has 1 N–H and O–H groups in total. The summed E-state index contributed by atoms with van der Waals surface area (Å²) in [7, 11) is 0. The summed E-state index contributed by atoms with van der Waals surface area (Å²) >= 11 is 0. The minimum atomic E-state index is -0.00207. The van der Waals surface area contributed by atoms with Gasteiger partial charge in [0.2, 0.25) is 0 Å². The van der Waals surface area contributed by atoms with Gasteiger partial charge in [-0.05, 0) is 69.9 Å². The maximum atomic E-state index is 9.02. The van der Waals surface area contributed by atoms with Gasteiger partial charge in [0.15, 0.2) is 0 Å². The first-order valence-corrected chi connectivity index (χ1v) is 7.96. The van der Waals surface area contributed by atoms with Crippen LogP contribution in [0, 0.1) is 5.92 Å². The van der Waals surface area contributed by atoms with Gasteiger partial charge in [0.25, 0.3) is 0 Å². The number of piperidine rings is 1. The molecule has 1 aromatic heterocycles. The van der Waals surface area contributed by atoms with Crippen LogP contribution in [0.3, 0.4) is 0 Å². The predicted molar refractivity (Wildman–Crippen MR) is 78.3 cm³/mol. The van der Waals surface area contributed by atoms with Crippen molar-refractivity contribution in [1.82, 2.24) is 9.80 Å². The van der Waals surface area contributed by atoms with Crippen LogP contribution in [0.2, 0.25) is 0 Å². The van der Waals surface area contributed by atoms with Gasteiger partial charge < -0.3 is 14.4 Å². The highest BCUT2D eigenvalue weighted by Gasteiger charge is 2.23. The number of hydrogen-bond acceptors (Lipinski definition) is 4. The van der Waals surface area contributed by atoms with E-state index in [9.17, 15) is 0 Å². The molecule has 0 spiro atoms. The van der Waals surface area contributed by atoms with Gasteiger partial charge in [0.05, 0.1) is 6.54 Å². The molecule has 2 aliphatic rings. The molecular weight excluding hydrogens is 252 g/mol. The van der Waals surface area contributed by atoms with Gasteiger partial charge in [-0.3, -0.25) is 4.90 Å². The molecule has 0 radical (unpaired) electrons. The lowest BCUT2D eigenvalue weighted by atomic mass is 9.96. The van der Waals surface area contributed by atoms with Crippen LogP contribution in [0.1, 0.15) is 37.2 Å². The summed E-state index contributed by atoms with van der Waals surface area (Å²) in [4.78, 5) is 5.11. The number of likely N-dealkylation sites (tertiary alicyclic amines) is 2. The Labute approximate surface area is 121 Å². The first-order chi connectivity index (χ1) is 9.83. The van der Waals surface area contributed by atoms with Gasteiger partial charge in [-0.2, -0.15) is 0 Å². The number of rotatable bonds is 5. The predicted octanol–water partition coefficient (Wildman–Crippen LogP) is 2.08. The van der Waals surface area contributed by atoms with Crippen LogP contribution in [0.5, 0.6) is 0 Å². The Morgan fingerprint density at radius 2 is 1.70 bits per heavy atom. The van der Waals surface area contributed by atoms with Crippen LogP contribution in [-0.4, -0.2) is 47.6 Å². The molecule has 0 aromatic carbocycles. The Balaban J connectivity index is 1.41. The largest absolute Gasteiger partial charge is 0.462 e. The molecule has 2 aliphatic heterocycles. The minimum Gasteiger partial charge on any atom is -0.462 e. The molecule has 0 amide bonds. The van der Waals surface area contributed by atoms with Crippen LogP contribution in [-0.2, 0) is 13.2 Å². The van der Waals surface area contributed by atoms with Crippen molar-refractivity contribution < 1.29 is 9.52 Å². The van der Waals surface area contributed by atoms with Crippen molar-refractivity contribution >= 4 is 0 Å². The van der Waals surface area contributed by atoms with E-state index >= 15 is 0 Å². The highest BCUT2D eigenvalue weighted by molar-refractivity contribution is 5.06. The van der Waals surface area contributed by atoms with Crippen molar-refractivity contribution in [2.45, 2.75) is 38.8 Å². The third-order valence-electron chi connectivity index (χ3n) is 4.67. The van der Waals surface area contributed by atoms with Crippen molar-refractivity contribution in [3.8, 4) is 0 Å². The number of furan rings is 1. The third kappa shape index (κ3) is 3.62. The van der Waals surface area contributed by atoms with Gasteiger partial charge >= 0.3 is 0 Å². The second-order valence-electron chi connectivity index (χ2n) is 6.25. The van der Waals surface area contributed by atoms with Gasteiger partial charge in [-0.25, -0.2) is 0 Å². The molecule has 4 nitrogen and oxygen atoms in total. The zero-order chi connectivity index (χ0) is 13.8. The summed E-state index contributed by atoms with van der Waals surface area (Å²) in [5.41, 5.74) is 0. The normalized spacial score (nSPS) is 22.6. The van der Waals surface area contributed by atoms with E-state index in [4.69, 9.17) is 9.52 Å². The first kappa shape index (κ1) is 14.1. The second-order valence-corrected chi connectivity index (χ2v) is 6.25. The topological polar surface area (TPSA) is 39.9 Å². The van der Waals surface area contributed by atoms with Gasteiger partial charge in [0.1, 0.15) is 18.1 Å². The van der Waals surface area contributed by atoms with E-state index in [1.807, 2.05) is 12.1 Å². The van der Waals surface area contributed by atoms with Crippen LogP contribution in [0.25, 0.3) is 0 Å². The molecule has 4 heteroatoms. The van der Waals surface area contributed by atoms with E-state index in [1.54, 1.807) is 0 Å². The first-order valence-electron chi connectivity index (χ1n) is 7.96. The van der Waals surface area contributed by atoms with Gasteiger partial charge in [-0.1, -0.05) is 0 Å². The Bertz CT molecular complexity index is 404. The molecule has 2 fully saturated rings. The zero-order valence-corrected chi connectivity index (χ0v) is 12.3. The van der Waals surface area contributed by atoms with E-state index in [2.05, 4.69) is 9.80 Å². The fourth-order valence-corrected chi connectivity index (χ4v) is 3.47. The maximum absolute atomic E-state index is 9.02. The Morgan fingerprint density at radius 1 is 1.00 bits per heavy atom. The molecule has 0 aliphatic carbocycles. The summed E-state index contributed by atoms with van der Waals surface area (Å²) in [5.74, 6) is 2.53. The smallest absolute Gasteiger partial charge is 0.129 e. The molecule has 112 valence electrons. The van der Waals surface area contributed by atoms with Crippen molar-refractivity contribution in [2.24, 2.45) is 5.92 Å². The minimum absolute atomic E-state index is 0.00207. The van der Waals surface area contributed by atoms with Crippen LogP contribution < -0.4 is 0 Å². The molecular formula is C16H26N2O2. The number of aliphatic hydroxyl groups excluding tert-OH is 1. The zero-order valence-electron chi connectivity index (χ0n) is 12.3. The molecule has 0 bridgehead atoms. The summed E-state index contributed by atoms with van der Waals surface area (Å²) in [6.07, 6.45) is 5.41. The van der Waals surface area contributed by atoms with Crippen LogP contribution in [0.15, 0.2) is 16.5 Å². The van der Waals surface area contributed by atoms with Crippen molar-refractivity contribution in [3.05, 3.63) is 23.7 Å². The van der Waals surface area contributed by atoms with E-state index in [0.29, 0.717) is 5.76 Å². The highest BCUT2D eigenvalue weighted by atomic mass is 16.4. The van der Waals surface area contributed by atoms with E-state index < -0.39 is 0 Å². The lowest BCUT2D eigenvalue weighted by Gasteiger charge is -2.33. The average Bonchev–Trinajstić information content (AvgIpc) is 3.12. The number of aliphatic hydroxyl groups is 1. The number of nitrogens with zero attached hydrogens (tertiary/aromatic N) is 2. The third-order valence-corrected chi connectivity index (χ3v) is 4.67. The van der Waals surface area contributed by atoms with Crippen LogP contribution >= 0.6 is 0 Å². The van der Waals surface area contributed by atoms with Gasteiger partial charge in [0, 0.05) is 6.54 Å². The molecule has 0 atom stereocenters. The Kier molecular flexibility index (Phi) is 4.76. The van der Waals surface area contributed by atoms with Crippen LogP contribution in [0.4, 0.5) is 0 Å². The summed E-state index contributed by atoms with van der Waals surface area (Å²) < 4.78 is 5.57. The van der Waals surface area contributed by atoms with Crippen molar-refractivity contribution in [3.63, 3.8) is 0 Å². The van der Waals surface area contributed by atoms with Crippen molar-refractivity contribution in [1.29, 1.82) is 0 Å². The Morgan fingerprint density at radius 3 is 2.35 bits per heavy atom. The van der Waals surface area contributed by atoms with Crippen molar-refractivity contribution in [2.75, 3.05) is 32.7 Å². The second kappa shape index (κ2) is 6.74. The lowest BCUT2D eigenvalue weighted by Crippen LogP contribution is -2.37. The molecule has 0 unspecified atom stereocenters. The van der Waals surface area contributed by atoms with E-state index in [-0.39, 0.29) is 6.61 Å². The number of hydrogen-bond donors (Lipinski definition) is 1.